The van der Waals surface area contributed by atoms with Crippen LogP contribution in [0.1, 0.15) is 16.1 Å². The third-order valence-corrected chi connectivity index (χ3v) is 7.08. The number of amides is 1. The first-order chi connectivity index (χ1) is 19.5. The summed E-state index contributed by atoms with van der Waals surface area (Å²) in [4.78, 5) is 28.9. The Labute approximate surface area is 230 Å². The summed E-state index contributed by atoms with van der Waals surface area (Å²) in [5.41, 5.74) is 3.15. The van der Waals surface area contributed by atoms with E-state index in [1.54, 1.807) is 30.2 Å². The maximum absolute atomic E-state index is 13.8. The molecule has 40 heavy (non-hydrogen) atoms. The second-order valence-electron chi connectivity index (χ2n) is 9.59. The predicted molar refractivity (Wildman–Crippen MR) is 146 cm³/mol. The van der Waals surface area contributed by atoms with Crippen LogP contribution >= 0.6 is 0 Å². The lowest BCUT2D eigenvalue weighted by atomic mass is 10.1. The van der Waals surface area contributed by atoms with Crippen molar-refractivity contribution in [2.75, 3.05) is 40.1 Å². The molecule has 1 saturated heterocycles. The van der Waals surface area contributed by atoms with Gasteiger partial charge in [-0.15, -0.1) is 0 Å². The number of ether oxygens (including phenoxy) is 3. The maximum Gasteiger partial charge on any atom is 0.272 e. The van der Waals surface area contributed by atoms with Gasteiger partial charge in [0.25, 0.3) is 11.6 Å². The van der Waals surface area contributed by atoms with Crippen molar-refractivity contribution in [3.8, 4) is 34.2 Å². The molecule has 0 N–H and O–H groups in total. The molecule has 0 bridgehead atoms. The van der Waals surface area contributed by atoms with E-state index in [9.17, 15) is 14.9 Å². The second-order valence-corrected chi connectivity index (χ2v) is 9.59. The van der Waals surface area contributed by atoms with Crippen molar-refractivity contribution in [1.29, 1.82) is 0 Å². The Morgan fingerprint density at radius 1 is 0.975 bits per heavy atom. The number of benzene rings is 3. The van der Waals surface area contributed by atoms with Gasteiger partial charge in [-0.05, 0) is 42.0 Å². The van der Waals surface area contributed by atoms with Crippen molar-refractivity contribution in [2.45, 2.75) is 6.54 Å². The highest BCUT2D eigenvalue weighted by Crippen LogP contribution is 2.33. The summed E-state index contributed by atoms with van der Waals surface area (Å²) in [5, 5.41) is 16.1. The molecule has 2 aliphatic rings. The lowest BCUT2D eigenvalue weighted by molar-refractivity contribution is -0.384. The molecule has 11 nitrogen and oxygen atoms in total. The fraction of sp³-hybridized carbons (Fsp3) is 0.241. The lowest BCUT2D eigenvalue weighted by Crippen LogP contribution is -2.48. The van der Waals surface area contributed by atoms with E-state index in [4.69, 9.17) is 19.3 Å². The normalized spacial score (nSPS) is 14.8. The van der Waals surface area contributed by atoms with Gasteiger partial charge in [-0.2, -0.15) is 5.10 Å². The van der Waals surface area contributed by atoms with Crippen LogP contribution in [0.2, 0.25) is 0 Å². The van der Waals surface area contributed by atoms with Crippen molar-refractivity contribution < 1.29 is 23.9 Å². The van der Waals surface area contributed by atoms with Crippen LogP contribution < -0.4 is 14.2 Å². The monoisotopic (exact) mass is 541 g/mol. The standard InChI is InChI=1S/C29H27N5O6/c1-38-24-7-2-4-21(15-24)25-17-26(33(30-25)22-5-3-6-23(16-22)34(36)37)29(35)32-12-10-31(11-13-32)18-20-8-9-27-28(14-20)40-19-39-27/h2-9,14-17H,10-13,18-19H2,1H3. The van der Waals surface area contributed by atoms with Crippen LogP contribution in [0.5, 0.6) is 17.2 Å². The minimum Gasteiger partial charge on any atom is -0.497 e. The third-order valence-electron chi connectivity index (χ3n) is 7.08. The van der Waals surface area contributed by atoms with Crippen molar-refractivity contribution in [1.82, 2.24) is 19.6 Å². The summed E-state index contributed by atoms with van der Waals surface area (Å²) in [6, 6.07) is 21.2. The summed E-state index contributed by atoms with van der Waals surface area (Å²) in [6.07, 6.45) is 0. The van der Waals surface area contributed by atoms with E-state index in [1.165, 1.54) is 16.8 Å². The van der Waals surface area contributed by atoms with Gasteiger partial charge in [0.2, 0.25) is 6.79 Å². The van der Waals surface area contributed by atoms with Crippen molar-refractivity contribution >= 4 is 11.6 Å². The highest BCUT2D eigenvalue weighted by atomic mass is 16.7. The van der Waals surface area contributed by atoms with Gasteiger partial charge in [-0.25, -0.2) is 4.68 Å². The van der Waals surface area contributed by atoms with Crippen LogP contribution in [0, 0.1) is 10.1 Å². The zero-order valence-electron chi connectivity index (χ0n) is 21.9. The molecule has 3 heterocycles. The smallest absolute Gasteiger partial charge is 0.272 e. The Balaban J connectivity index is 1.24. The van der Waals surface area contributed by atoms with Crippen molar-refractivity contribution in [3.05, 3.63) is 94.2 Å². The Kier molecular flexibility index (Phi) is 6.79. The Morgan fingerprint density at radius 3 is 2.58 bits per heavy atom. The van der Waals surface area contributed by atoms with Gasteiger partial charge in [-0.3, -0.25) is 19.8 Å². The van der Waals surface area contributed by atoms with Gasteiger partial charge in [-0.1, -0.05) is 24.3 Å². The van der Waals surface area contributed by atoms with Gasteiger partial charge in [0.1, 0.15) is 11.4 Å². The van der Waals surface area contributed by atoms with Gasteiger partial charge in [0.15, 0.2) is 11.5 Å². The number of nitrogens with zero attached hydrogens (tertiary/aromatic N) is 5. The number of nitro groups is 1. The van der Waals surface area contributed by atoms with Crippen LogP contribution in [-0.4, -0.2) is 70.5 Å². The van der Waals surface area contributed by atoms with Gasteiger partial charge >= 0.3 is 0 Å². The van der Waals surface area contributed by atoms with E-state index in [-0.39, 0.29) is 18.4 Å². The molecule has 6 rings (SSSR count). The van der Waals surface area contributed by atoms with Crippen LogP contribution in [0.4, 0.5) is 5.69 Å². The minimum absolute atomic E-state index is 0.0774. The van der Waals surface area contributed by atoms with Crippen LogP contribution in [0.25, 0.3) is 16.9 Å². The largest absolute Gasteiger partial charge is 0.497 e. The first kappa shape index (κ1) is 25.4. The molecule has 0 atom stereocenters. The molecule has 0 radical (unpaired) electrons. The highest BCUT2D eigenvalue weighted by Gasteiger charge is 2.27. The van der Waals surface area contributed by atoms with Crippen molar-refractivity contribution in [3.63, 3.8) is 0 Å². The first-order valence-electron chi connectivity index (χ1n) is 12.9. The molecule has 0 aliphatic carbocycles. The van der Waals surface area contributed by atoms with Crippen molar-refractivity contribution in [2.24, 2.45) is 0 Å². The third kappa shape index (κ3) is 5.06. The van der Waals surface area contributed by atoms with Crippen LogP contribution in [-0.2, 0) is 6.54 Å². The van der Waals surface area contributed by atoms with Gasteiger partial charge in [0.05, 0.1) is 23.4 Å². The average molecular weight is 542 g/mol. The molecular formula is C29H27N5O6. The number of aromatic nitrogens is 2. The minimum atomic E-state index is -0.461. The highest BCUT2D eigenvalue weighted by molar-refractivity contribution is 5.94. The molecule has 204 valence electrons. The fourth-order valence-corrected chi connectivity index (χ4v) is 4.96. The maximum atomic E-state index is 13.8. The summed E-state index contributed by atoms with van der Waals surface area (Å²) in [5.74, 6) is 1.99. The number of carbonyl (C=O) groups is 1. The first-order valence-corrected chi connectivity index (χ1v) is 12.9. The Bertz CT molecular complexity index is 1580. The molecule has 0 unspecified atom stereocenters. The van der Waals surface area contributed by atoms with E-state index in [1.807, 2.05) is 42.5 Å². The molecule has 1 aromatic heterocycles. The average Bonchev–Trinajstić information content (AvgIpc) is 3.65. The summed E-state index contributed by atoms with van der Waals surface area (Å²) >= 11 is 0. The topological polar surface area (TPSA) is 112 Å². The molecule has 11 heteroatoms. The fourth-order valence-electron chi connectivity index (χ4n) is 4.96. The van der Waals surface area contributed by atoms with Crippen LogP contribution in [0.15, 0.2) is 72.8 Å². The zero-order chi connectivity index (χ0) is 27.6. The molecule has 1 amide bonds. The van der Waals surface area contributed by atoms with E-state index in [0.717, 1.165) is 29.2 Å². The number of rotatable bonds is 7. The van der Waals surface area contributed by atoms with Crippen LogP contribution in [0.3, 0.4) is 0 Å². The number of carbonyl (C=O) groups excluding carboxylic acids is 1. The molecule has 4 aromatic rings. The van der Waals surface area contributed by atoms with Gasteiger partial charge in [0, 0.05) is 50.4 Å². The number of hydrogen-bond acceptors (Lipinski definition) is 8. The van der Waals surface area contributed by atoms with E-state index in [2.05, 4.69) is 4.90 Å². The molecule has 0 spiro atoms. The van der Waals surface area contributed by atoms with E-state index < -0.39 is 4.92 Å². The molecule has 0 saturated carbocycles. The second kappa shape index (κ2) is 10.7. The molecule has 2 aliphatic heterocycles. The molecular weight excluding hydrogens is 514 g/mol. The number of piperazine rings is 1. The number of nitro benzene ring substituents is 1. The number of hydrogen-bond donors (Lipinski definition) is 0. The van der Waals surface area contributed by atoms with E-state index in [0.29, 0.717) is 49.0 Å². The summed E-state index contributed by atoms with van der Waals surface area (Å²) < 4.78 is 17.7. The number of methoxy groups -OCH3 is 1. The summed E-state index contributed by atoms with van der Waals surface area (Å²) in [7, 11) is 1.59. The lowest BCUT2D eigenvalue weighted by Gasteiger charge is -2.34. The number of fused-ring (bicyclic) bond motifs is 1. The Morgan fingerprint density at radius 2 is 1.77 bits per heavy atom. The van der Waals surface area contributed by atoms with Gasteiger partial charge < -0.3 is 19.1 Å². The van der Waals surface area contributed by atoms with E-state index >= 15 is 0 Å². The SMILES string of the molecule is COc1cccc(-c2cc(C(=O)N3CCN(Cc4ccc5c(c4)OCO5)CC3)n(-c3cccc([N+](=O)[O-])c3)n2)c1. The Hall–Kier alpha value is -4.90. The zero-order valence-corrected chi connectivity index (χ0v) is 21.9. The number of non-ortho nitro benzene ring substituents is 1. The molecule has 1 fully saturated rings. The molecule has 3 aromatic carbocycles. The summed E-state index contributed by atoms with van der Waals surface area (Å²) in [6.45, 7) is 3.47. The quantitative estimate of drug-likeness (QED) is 0.254. The predicted octanol–water partition coefficient (Wildman–Crippen LogP) is 4.14.